The summed E-state index contributed by atoms with van der Waals surface area (Å²) < 4.78 is 24.4. The fourth-order valence-corrected chi connectivity index (χ4v) is 3.30. The first-order valence-corrected chi connectivity index (χ1v) is 8.06. The van der Waals surface area contributed by atoms with Crippen LogP contribution in [-0.2, 0) is 9.47 Å². The number of imidazole rings is 1. The van der Waals surface area contributed by atoms with Crippen LogP contribution in [0.15, 0.2) is 24.5 Å². The zero-order chi connectivity index (χ0) is 17.1. The maximum atomic E-state index is 5.61. The first-order chi connectivity index (χ1) is 11.7. The van der Waals surface area contributed by atoms with Gasteiger partial charge in [-0.15, -0.1) is 0 Å². The fraction of sp³-hybridized carbons (Fsp3) is 0.500. The van der Waals surface area contributed by atoms with Crippen molar-refractivity contribution in [3.63, 3.8) is 0 Å². The molecule has 0 N–H and O–H groups in total. The van der Waals surface area contributed by atoms with E-state index in [1.807, 2.05) is 25.4 Å². The molecule has 0 radical (unpaired) electrons. The Morgan fingerprint density at radius 3 is 2.75 bits per heavy atom. The van der Waals surface area contributed by atoms with Crippen molar-refractivity contribution in [3.05, 3.63) is 30.1 Å². The van der Waals surface area contributed by atoms with Gasteiger partial charge in [-0.1, -0.05) is 0 Å². The van der Waals surface area contributed by atoms with Crippen LogP contribution >= 0.6 is 0 Å². The van der Waals surface area contributed by atoms with E-state index in [0.29, 0.717) is 18.1 Å². The van der Waals surface area contributed by atoms with Crippen LogP contribution < -0.4 is 9.47 Å². The van der Waals surface area contributed by atoms with Crippen LogP contribution in [0.25, 0.3) is 11.4 Å². The quantitative estimate of drug-likeness (QED) is 0.843. The first-order valence-electron chi connectivity index (χ1n) is 8.06. The summed E-state index contributed by atoms with van der Waals surface area (Å²) in [7, 11) is 5.02. The summed E-state index contributed by atoms with van der Waals surface area (Å²) in [5, 5.41) is 0. The lowest BCUT2D eigenvalue weighted by Crippen LogP contribution is -2.35. The van der Waals surface area contributed by atoms with E-state index in [2.05, 4.69) is 15.6 Å². The van der Waals surface area contributed by atoms with Gasteiger partial charge in [-0.2, -0.15) is 0 Å². The zero-order valence-corrected chi connectivity index (χ0v) is 14.6. The van der Waals surface area contributed by atoms with Crippen molar-refractivity contribution in [3.8, 4) is 22.9 Å². The van der Waals surface area contributed by atoms with Crippen molar-refractivity contribution in [1.82, 2.24) is 9.55 Å². The highest BCUT2D eigenvalue weighted by Gasteiger charge is 2.29. The van der Waals surface area contributed by atoms with E-state index >= 15 is 0 Å². The minimum absolute atomic E-state index is 0.00407. The molecule has 2 aromatic rings. The molecule has 0 bridgehead atoms. The van der Waals surface area contributed by atoms with Crippen molar-refractivity contribution >= 4 is 0 Å². The number of methoxy groups -OCH3 is 3. The lowest BCUT2D eigenvalue weighted by Gasteiger charge is -2.32. The summed E-state index contributed by atoms with van der Waals surface area (Å²) in [5.74, 6) is 2.25. The summed E-state index contributed by atoms with van der Waals surface area (Å²) in [6, 6.07) is 4.21. The topological polar surface area (TPSA) is 54.7 Å². The molecule has 1 aliphatic rings. The number of ether oxygens (including phenoxy) is 4. The molecule has 1 aromatic carbocycles. The molecule has 130 valence electrons. The van der Waals surface area contributed by atoms with Crippen molar-refractivity contribution in [2.75, 3.05) is 34.5 Å². The number of aryl methyl sites for hydroxylation is 1. The van der Waals surface area contributed by atoms with Crippen LogP contribution in [0.2, 0.25) is 0 Å². The van der Waals surface area contributed by atoms with Crippen molar-refractivity contribution in [2.45, 2.75) is 25.5 Å². The van der Waals surface area contributed by atoms with E-state index in [9.17, 15) is 0 Å². The molecule has 1 fully saturated rings. The summed E-state index contributed by atoms with van der Waals surface area (Å²) in [4.78, 5) is 4.59. The van der Waals surface area contributed by atoms with Gasteiger partial charge in [0.1, 0.15) is 11.9 Å². The lowest BCUT2D eigenvalue weighted by molar-refractivity contribution is -0.0597. The Balaban J connectivity index is 2.09. The van der Waals surface area contributed by atoms with Crippen LogP contribution in [0.1, 0.15) is 18.0 Å². The molecule has 2 atom stereocenters. The maximum Gasteiger partial charge on any atom is 0.171 e. The third-order valence-corrected chi connectivity index (χ3v) is 4.46. The third kappa shape index (κ3) is 2.99. The molecule has 3 rings (SSSR count). The number of hydrogen-bond acceptors (Lipinski definition) is 5. The van der Waals surface area contributed by atoms with Gasteiger partial charge in [0, 0.05) is 26.1 Å². The van der Waals surface area contributed by atoms with Crippen LogP contribution in [0.5, 0.6) is 11.5 Å². The van der Waals surface area contributed by atoms with Gasteiger partial charge < -0.3 is 23.5 Å². The number of nitrogens with zero attached hydrogens (tertiary/aromatic N) is 2. The SMILES string of the molecule is COc1cc(C)cc(-c2nccn2[C@H]2CCOC[C@@H]2OC)c1OC. The molecule has 1 aliphatic heterocycles. The van der Waals surface area contributed by atoms with Gasteiger partial charge in [0.05, 0.1) is 32.4 Å². The van der Waals surface area contributed by atoms with E-state index in [-0.39, 0.29) is 12.1 Å². The summed E-state index contributed by atoms with van der Waals surface area (Å²) in [6.45, 7) is 3.34. The predicted molar refractivity (Wildman–Crippen MR) is 90.8 cm³/mol. The van der Waals surface area contributed by atoms with E-state index < -0.39 is 0 Å². The Kier molecular flexibility index (Phi) is 5.06. The lowest BCUT2D eigenvalue weighted by atomic mass is 10.0. The summed E-state index contributed by atoms with van der Waals surface area (Å²) >= 11 is 0. The van der Waals surface area contributed by atoms with E-state index in [0.717, 1.165) is 30.0 Å². The maximum absolute atomic E-state index is 5.61. The molecule has 0 spiro atoms. The van der Waals surface area contributed by atoms with Gasteiger partial charge in [0.25, 0.3) is 0 Å². The fourth-order valence-electron chi connectivity index (χ4n) is 3.30. The second-order valence-corrected chi connectivity index (χ2v) is 5.91. The van der Waals surface area contributed by atoms with Crippen LogP contribution in [0, 0.1) is 6.92 Å². The van der Waals surface area contributed by atoms with Gasteiger partial charge in [0.2, 0.25) is 0 Å². The molecule has 24 heavy (non-hydrogen) atoms. The minimum atomic E-state index is 0.00407. The highest BCUT2D eigenvalue weighted by molar-refractivity contribution is 5.70. The molecule has 0 saturated carbocycles. The molecule has 2 heterocycles. The second-order valence-electron chi connectivity index (χ2n) is 5.91. The molecular formula is C18H24N2O4. The molecule has 6 nitrogen and oxygen atoms in total. The molecule has 0 amide bonds. The Hall–Kier alpha value is -2.05. The van der Waals surface area contributed by atoms with Gasteiger partial charge >= 0.3 is 0 Å². The largest absolute Gasteiger partial charge is 0.493 e. The van der Waals surface area contributed by atoms with Crippen molar-refractivity contribution in [1.29, 1.82) is 0 Å². The van der Waals surface area contributed by atoms with E-state index in [1.54, 1.807) is 21.3 Å². The standard InChI is InChI=1S/C18H24N2O4/c1-12-9-13(17(23-4)15(10-12)21-2)18-19-6-7-20(18)14-5-8-24-11-16(14)22-3/h6-7,9-10,14,16H,5,8,11H2,1-4H3/t14-,16-/m0/s1. The minimum Gasteiger partial charge on any atom is -0.493 e. The van der Waals surface area contributed by atoms with Crippen molar-refractivity contribution < 1.29 is 18.9 Å². The number of benzene rings is 1. The van der Waals surface area contributed by atoms with Crippen LogP contribution in [0.4, 0.5) is 0 Å². The normalized spacial score (nSPS) is 20.8. The van der Waals surface area contributed by atoms with Crippen LogP contribution in [-0.4, -0.2) is 50.2 Å². The Labute approximate surface area is 142 Å². The Morgan fingerprint density at radius 2 is 2.04 bits per heavy atom. The molecule has 0 aliphatic carbocycles. The second kappa shape index (κ2) is 7.23. The zero-order valence-electron chi connectivity index (χ0n) is 14.6. The van der Waals surface area contributed by atoms with Crippen LogP contribution in [0.3, 0.4) is 0 Å². The first kappa shape index (κ1) is 16.8. The Bertz CT molecular complexity index is 698. The third-order valence-electron chi connectivity index (χ3n) is 4.46. The smallest absolute Gasteiger partial charge is 0.171 e. The molecular weight excluding hydrogens is 308 g/mol. The molecule has 1 aromatic heterocycles. The average molecular weight is 332 g/mol. The molecule has 0 unspecified atom stereocenters. The average Bonchev–Trinajstić information content (AvgIpc) is 3.10. The molecule has 1 saturated heterocycles. The van der Waals surface area contributed by atoms with Gasteiger partial charge in [-0.3, -0.25) is 0 Å². The van der Waals surface area contributed by atoms with E-state index in [1.165, 1.54) is 0 Å². The number of hydrogen-bond donors (Lipinski definition) is 0. The monoisotopic (exact) mass is 332 g/mol. The van der Waals surface area contributed by atoms with Gasteiger partial charge in [-0.05, 0) is 31.0 Å². The summed E-state index contributed by atoms with van der Waals surface area (Å²) in [6.07, 6.45) is 4.69. The molecule has 6 heteroatoms. The van der Waals surface area contributed by atoms with Gasteiger partial charge in [0.15, 0.2) is 11.5 Å². The highest BCUT2D eigenvalue weighted by atomic mass is 16.5. The van der Waals surface area contributed by atoms with E-state index in [4.69, 9.17) is 18.9 Å². The summed E-state index contributed by atoms with van der Waals surface area (Å²) in [5.41, 5.74) is 2.01. The highest BCUT2D eigenvalue weighted by Crippen LogP contribution is 2.40. The van der Waals surface area contributed by atoms with Gasteiger partial charge in [-0.25, -0.2) is 4.98 Å². The van der Waals surface area contributed by atoms with Crippen molar-refractivity contribution in [2.24, 2.45) is 0 Å². The Morgan fingerprint density at radius 1 is 1.21 bits per heavy atom. The number of rotatable bonds is 5. The predicted octanol–water partition coefficient (Wildman–Crippen LogP) is 2.85. The number of aromatic nitrogens is 2.